The van der Waals surface area contributed by atoms with Crippen LogP contribution in [0.25, 0.3) is 0 Å². The van der Waals surface area contributed by atoms with Crippen molar-refractivity contribution in [3.8, 4) is 0 Å². The summed E-state index contributed by atoms with van der Waals surface area (Å²) in [4.78, 5) is 4.27. The van der Waals surface area contributed by atoms with Crippen molar-refractivity contribution >= 4 is 16.8 Å². The fourth-order valence-corrected chi connectivity index (χ4v) is 1.82. The highest BCUT2D eigenvalue weighted by molar-refractivity contribution is 8.13. The molecule has 0 amide bonds. The molecular weight excluding hydrogens is 310 g/mol. The van der Waals surface area contributed by atoms with Crippen molar-refractivity contribution in [3.05, 3.63) is 60.3 Å². The van der Waals surface area contributed by atoms with Gasteiger partial charge in [0.05, 0.1) is 5.04 Å². The summed E-state index contributed by atoms with van der Waals surface area (Å²) in [5.74, 6) is 0.970. The number of benzene rings is 1. The predicted octanol–water partition coefficient (Wildman–Crippen LogP) is 8.45. The molecular formula is C22H41NS. The largest absolute Gasteiger partial charge is 0.255 e. The van der Waals surface area contributed by atoms with E-state index < -0.39 is 0 Å². The maximum Gasteiger partial charge on any atom is 0.0703 e. The summed E-state index contributed by atoms with van der Waals surface area (Å²) in [6.07, 6.45) is 5.32. The lowest BCUT2D eigenvalue weighted by Gasteiger charge is -2.01. The lowest BCUT2D eigenvalue weighted by atomic mass is 10.2. The first kappa shape index (κ1) is 30.6. The number of allylic oxidation sites excluding steroid dienone is 2. The minimum absolute atomic E-state index is 0.970. The SMILES string of the molecule is C=C/C=C\N=C(C)SCc1ccc(C)cc1.CC.CC.CC.CC. The van der Waals surface area contributed by atoms with E-state index in [2.05, 4.69) is 42.8 Å². The number of hydrogen-bond acceptors (Lipinski definition) is 2. The van der Waals surface area contributed by atoms with Gasteiger partial charge >= 0.3 is 0 Å². The molecule has 0 aliphatic rings. The Morgan fingerprint density at radius 1 is 0.958 bits per heavy atom. The van der Waals surface area contributed by atoms with Gasteiger partial charge in [-0.3, -0.25) is 4.99 Å². The molecule has 0 fully saturated rings. The molecule has 0 atom stereocenters. The Bertz CT molecular complexity index is 389. The van der Waals surface area contributed by atoms with Crippen molar-refractivity contribution < 1.29 is 0 Å². The monoisotopic (exact) mass is 351 g/mol. The zero-order valence-electron chi connectivity index (χ0n) is 17.8. The van der Waals surface area contributed by atoms with E-state index in [9.17, 15) is 0 Å². The van der Waals surface area contributed by atoms with Crippen LogP contribution in [0, 0.1) is 6.92 Å². The van der Waals surface area contributed by atoms with Crippen LogP contribution in [0.4, 0.5) is 0 Å². The third-order valence-electron chi connectivity index (χ3n) is 2.05. The minimum Gasteiger partial charge on any atom is -0.255 e. The Labute approximate surface area is 157 Å². The molecule has 1 aromatic rings. The van der Waals surface area contributed by atoms with E-state index in [1.807, 2.05) is 68.4 Å². The van der Waals surface area contributed by atoms with Crippen molar-refractivity contribution in [2.24, 2.45) is 4.99 Å². The van der Waals surface area contributed by atoms with Crippen molar-refractivity contribution in [1.29, 1.82) is 0 Å². The molecule has 24 heavy (non-hydrogen) atoms. The van der Waals surface area contributed by atoms with Gasteiger partial charge in [-0.1, -0.05) is 97.9 Å². The highest BCUT2D eigenvalue weighted by atomic mass is 32.2. The van der Waals surface area contributed by atoms with Crippen LogP contribution in [0.2, 0.25) is 0 Å². The molecule has 0 unspecified atom stereocenters. The van der Waals surface area contributed by atoms with Crippen molar-refractivity contribution in [2.75, 3.05) is 0 Å². The summed E-state index contributed by atoms with van der Waals surface area (Å²) in [5.41, 5.74) is 2.63. The Hall–Kier alpha value is -1.28. The Morgan fingerprint density at radius 2 is 1.42 bits per heavy atom. The van der Waals surface area contributed by atoms with E-state index in [4.69, 9.17) is 0 Å². The summed E-state index contributed by atoms with van der Waals surface area (Å²) < 4.78 is 0. The Kier molecular flexibility index (Phi) is 37.8. The molecule has 1 aromatic carbocycles. The van der Waals surface area contributed by atoms with Gasteiger partial charge in [-0.2, -0.15) is 0 Å². The second-order valence-electron chi connectivity index (χ2n) is 3.50. The first-order valence-corrected chi connectivity index (χ1v) is 10.2. The summed E-state index contributed by atoms with van der Waals surface area (Å²) in [7, 11) is 0. The maximum atomic E-state index is 4.27. The molecule has 0 heterocycles. The Morgan fingerprint density at radius 3 is 1.83 bits per heavy atom. The van der Waals surface area contributed by atoms with Gasteiger partial charge in [-0.05, 0) is 25.5 Å². The third-order valence-corrected chi connectivity index (χ3v) is 3.05. The van der Waals surface area contributed by atoms with Gasteiger partial charge in [0.25, 0.3) is 0 Å². The number of nitrogens with zero attached hydrogens (tertiary/aromatic N) is 1. The van der Waals surface area contributed by atoms with Crippen molar-refractivity contribution in [1.82, 2.24) is 0 Å². The normalized spacial score (nSPS) is 9.00. The fourth-order valence-electron chi connectivity index (χ4n) is 1.12. The molecule has 0 spiro atoms. The van der Waals surface area contributed by atoms with Crippen molar-refractivity contribution in [3.63, 3.8) is 0 Å². The molecule has 0 aromatic heterocycles. The average molecular weight is 352 g/mol. The zero-order valence-corrected chi connectivity index (χ0v) is 18.6. The molecule has 0 radical (unpaired) electrons. The third kappa shape index (κ3) is 23.0. The van der Waals surface area contributed by atoms with Gasteiger partial charge in [0.1, 0.15) is 0 Å². The second-order valence-corrected chi connectivity index (χ2v) is 4.67. The lowest BCUT2D eigenvalue weighted by molar-refractivity contribution is 1.37. The second kappa shape index (κ2) is 29.7. The quantitative estimate of drug-likeness (QED) is 0.301. The molecule has 0 saturated heterocycles. The van der Waals surface area contributed by atoms with Crippen LogP contribution in [-0.4, -0.2) is 5.04 Å². The topological polar surface area (TPSA) is 12.4 Å². The first-order valence-electron chi connectivity index (χ1n) is 9.22. The van der Waals surface area contributed by atoms with Gasteiger partial charge in [-0.15, -0.1) is 11.8 Å². The molecule has 1 nitrogen and oxygen atoms in total. The van der Waals surface area contributed by atoms with Gasteiger partial charge < -0.3 is 0 Å². The number of rotatable bonds is 4. The van der Waals surface area contributed by atoms with E-state index in [1.165, 1.54) is 11.1 Å². The molecule has 140 valence electrons. The molecule has 0 aliphatic carbocycles. The molecule has 0 bridgehead atoms. The Balaban J connectivity index is -0.000000218. The van der Waals surface area contributed by atoms with E-state index in [-0.39, 0.29) is 0 Å². The van der Waals surface area contributed by atoms with Crippen LogP contribution in [0.15, 0.2) is 54.2 Å². The van der Waals surface area contributed by atoms with Gasteiger partial charge in [0.15, 0.2) is 0 Å². The molecule has 0 aliphatic heterocycles. The van der Waals surface area contributed by atoms with E-state index in [1.54, 1.807) is 24.0 Å². The van der Waals surface area contributed by atoms with Crippen LogP contribution in [0.1, 0.15) is 73.4 Å². The number of thioether (sulfide) groups is 1. The number of hydrogen-bond donors (Lipinski definition) is 0. The fraction of sp³-hybridized carbons (Fsp3) is 0.500. The lowest BCUT2D eigenvalue weighted by Crippen LogP contribution is -1.86. The van der Waals surface area contributed by atoms with Gasteiger partial charge in [0.2, 0.25) is 0 Å². The summed E-state index contributed by atoms with van der Waals surface area (Å²) in [6.45, 7) is 23.7. The molecule has 0 N–H and O–H groups in total. The first-order chi connectivity index (χ1) is 11.7. The van der Waals surface area contributed by atoms with Gasteiger partial charge in [-0.25, -0.2) is 0 Å². The average Bonchev–Trinajstić information content (AvgIpc) is 2.68. The van der Waals surface area contributed by atoms with Crippen LogP contribution in [0.5, 0.6) is 0 Å². The summed E-state index contributed by atoms with van der Waals surface area (Å²) in [5, 5.41) is 1.07. The van der Waals surface area contributed by atoms with Crippen LogP contribution >= 0.6 is 11.8 Å². The van der Waals surface area contributed by atoms with Crippen LogP contribution < -0.4 is 0 Å². The van der Waals surface area contributed by atoms with E-state index >= 15 is 0 Å². The van der Waals surface area contributed by atoms with Crippen LogP contribution in [0.3, 0.4) is 0 Å². The molecule has 2 heteroatoms. The van der Waals surface area contributed by atoms with E-state index in [0.717, 1.165) is 10.8 Å². The van der Waals surface area contributed by atoms with Gasteiger partial charge in [0, 0.05) is 12.0 Å². The highest BCUT2D eigenvalue weighted by Gasteiger charge is 1.95. The zero-order chi connectivity index (χ0) is 19.8. The minimum atomic E-state index is 0.970. The molecule has 1 rings (SSSR count). The number of aryl methyl sites for hydroxylation is 1. The highest BCUT2D eigenvalue weighted by Crippen LogP contribution is 2.14. The standard InChI is InChI=1S/C14H17NS.4C2H6/c1-4-5-10-15-13(3)16-11-14-8-6-12(2)7-9-14;4*1-2/h4-10H,1,11H2,2-3H3;4*1-2H3/b10-5-,15-13?;;;;. The summed E-state index contributed by atoms with van der Waals surface area (Å²) in [6, 6.07) is 8.60. The van der Waals surface area contributed by atoms with E-state index in [0.29, 0.717) is 0 Å². The summed E-state index contributed by atoms with van der Waals surface area (Å²) >= 11 is 1.75. The number of aliphatic imine (C=N–C) groups is 1. The van der Waals surface area contributed by atoms with Crippen LogP contribution in [-0.2, 0) is 5.75 Å². The smallest absolute Gasteiger partial charge is 0.0703 e. The molecule has 0 saturated carbocycles. The maximum absolute atomic E-state index is 4.27. The van der Waals surface area contributed by atoms with Crippen molar-refractivity contribution in [2.45, 2.75) is 75.0 Å². The predicted molar refractivity (Wildman–Crippen MR) is 120 cm³/mol.